The molecule has 0 fully saturated rings. The number of methoxy groups -OCH3 is 1. The van der Waals surface area contributed by atoms with Crippen LogP contribution in [0.3, 0.4) is 0 Å². The predicted molar refractivity (Wildman–Crippen MR) is 101 cm³/mol. The van der Waals surface area contributed by atoms with Gasteiger partial charge in [-0.1, -0.05) is 0 Å². The lowest BCUT2D eigenvalue weighted by molar-refractivity contribution is 0.101. The number of hydrogen-bond acceptors (Lipinski definition) is 5. The fraction of sp³-hybridized carbons (Fsp3) is 0.211. The molecular weight excluding hydrogens is 400 g/mol. The van der Waals surface area contributed by atoms with Crippen LogP contribution in [0, 0.1) is 0 Å². The maximum absolute atomic E-state index is 12.2. The highest BCUT2D eigenvalue weighted by atomic mass is 79.9. The van der Waals surface area contributed by atoms with Crippen molar-refractivity contribution in [1.82, 2.24) is 9.38 Å². The first-order valence-corrected chi connectivity index (χ1v) is 8.70. The van der Waals surface area contributed by atoms with Crippen molar-refractivity contribution in [3.05, 3.63) is 74.2 Å². The lowest BCUT2D eigenvalue weighted by atomic mass is 10.1. The van der Waals surface area contributed by atoms with Crippen molar-refractivity contribution in [2.75, 3.05) is 7.11 Å². The molecule has 3 aromatic rings. The molecule has 0 amide bonds. The quantitative estimate of drug-likeness (QED) is 0.576. The molecule has 0 radical (unpaired) electrons. The Morgan fingerprint density at radius 3 is 2.73 bits per heavy atom. The van der Waals surface area contributed by atoms with Gasteiger partial charge in [0, 0.05) is 35.0 Å². The summed E-state index contributed by atoms with van der Waals surface area (Å²) in [6.45, 7) is 1.97. The van der Waals surface area contributed by atoms with Crippen molar-refractivity contribution in [1.29, 1.82) is 0 Å². The van der Waals surface area contributed by atoms with Crippen molar-refractivity contribution in [2.45, 2.75) is 20.1 Å². The zero-order chi connectivity index (χ0) is 18.7. The van der Waals surface area contributed by atoms with Crippen LogP contribution in [0.2, 0.25) is 0 Å². The van der Waals surface area contributed by atoms with Gasteiger partial charge >= 0.3 is 0 Å². The Labute approximate surface area is 158 Å². The largest absolute Gasteiger partial charge is 0.487 e. The number of nitrogens with zero attached hydrogens (tertiary/aromatic N) is 2. The van der Waals surface area contributed by atoms with Crippen LogP contribution in [-0.2, 0) is 18.0 Å². The molecule has 0 atom stereocenters. The van der Waals surface area contributed by atoms with Gasteiger partial charge in [0.1, 0.15) is 18.0 Å². The molecule has 2 aromatic heterocycles. The molecule has 1 aromatic carbocycles. The van der Waals surface area contributed by atoms with Crippen LogP contribution < -0.4 is 10.3 Å². The number of aromatic nitrogens is 2. The Balaban J connectivity index is 1.87. The third kappa shape index (κ3) is 4.00. The summed E-state index contributed by atoms with van der Waals surface area (Å²) in [6.07, 6.45) is 1.67. The summed E-state index contributed by atoms with van der Waals surface area (Å²) in [4.78, 5) is 28.2. The van der Waals surface area contributed by atoms with E-state index in [0.29, 0.717) is 29.3 Å². The van der Waals surface area contributed by atoms with Gasteiger partial charge in [0.2, 0.25) is 0 Å². The monoisotopic (exact) mass is 416 g/mol. The van der Waals surface area contributed by atoms with Crippen LogP contribution in [0.25, 0.3) is 5.65 Å². The molecule has 0 bridgehead atoms. The summed E-state index contributed by atoms with van der Waals surface area (Å²) in [5, 5.41) is 0. The van der Waals surface area contributed by atoms with Gasteiger partial charge in [-0.15, -0.1) is 0 Å². The summed E-state index contributed by atoms with van der Waals surface area (Å²) < 4.78 is 13.3. The number of carbonyl (C=O) groups is 1. The van der Waals surface area contributed by atoms with Crippen molar-refractivity contribution in [2.24, 2.45) is 0 Å². The number of rotatable bonds is 6. The molecule has 0 saturated heterocycles. The zero-order valence-electron chi connectivity index (χ0n) is 14.4. The number of ether oxygens (including phenoxy) is 2. The third-order valence-corrected chi connectivity index (χ3v) is 4.29. The molecule has 134 valence electrons. The lowest BCUT2D eigenvalue weighted by Crippen LogP contribution is -2.16. The number of carbonyl (C=O) groups excluding carboxylic acids is 1. The third-order valence-electron chi connectivity index (χ3n) is 3.82. The highest BCUT2D eigenvalue weighted by Gasteiger charge is 2.10. The number of benzene rings is 1. The fourth-order valence-corrected chi connectivity index (χ4v) is 2.90. The number of hydrogen-bond donors (Lipinski definition) is 0. The van der Waals surface area contributed by atoms with Crippen LogP contribution >= 0.6 is 15.9 Å². The van der Waals surface area contributed by atoms with E-state index in [1.165, 1.54) is 17.4 Å². The van der Waals surface area contributed by atoms with Gasteiger partial charge in [-0.3, -0.25) is 14.0 Å². The standard InChI is InChI=1S/C19H17BrN2O4/c1-12(23)13-3-5-17(14(7-13)10-25-2)26-11-16-8-19(24)22-9-15(20)4-6-18(22)21-16/h3-9H,10-11H2,1-2H3. The number of ketones is 1. The molecule has 0 N–H and O–H groups in total. The first kappa shape index (κ1) is 18.3. The average molecular weight is 417 g/mol. The van der Waals surface area contributed by atoms with Crippen LogP contribution in [-0.4, -0.2) is 22.3 Å². The summed E-state index contributed by atoms with van der Waals surface area (Å²) in [6, 6.07) is 10.2. The van der Waals surface area contributed by atoms with E-state index >= 15 is 0 Å². The summed E-state index contributed by atoms with van der Waals surface area (Å²) in [7, 11) is 1.58. The summed E-state index contributed by atoms with van der Waals surface area (Å²) in [5.41, 5.74) is 2.25. The van der Waals surface area contributed by atoms with Crippen molar-refractivity contribution in [3.8, 4) is 5.75 Å². The lowest BCUT2D eigenvalue weighted by Gasteiger charge is -2.12. The van der Waals surface area contributed by atoms with Gasteiger partial charge in [0.25, 0.3) is 5.56 Å². The van der Waals surface area contributed by atoms with Crippen molar-refractivity contribution < 1.29 is 14.3 Å². The minimum absolute atomic E-state index is 0.0238. The van der Waals surface area contributed by atoms with E-state index in [-0.39, 0.29) is 17.9 Å². The highest BCUT2D eigenvalue weighted by Crippen LogP contribution is 2.22. The molecule has 26 heavy (non-hydrogen) atoms. The number of Topliss-reactive ketones (excluding diaryl/α,β-unsaturated/α-hetero) is 1. The summed E-state index contributed by atoms with van der Waals surface area (Å²) >= 11 is 3.34. The van der Waals surface area contributed by atoms with Crippen LogP contribution in [0.1, 0.15) is 28.5 Å². The predicted octanol–water partition coefficient (Wildman–Crippen LogP) is 3.39. The van der Waals surface area contributed by atoms with E-state index in [4.69, 9.17) is 9.47 Å². The smallest absolute Gasteiger partial charge is 0.258 e. The molecule has 7 heteroatoms. The highest BCUT2D eigenvalue weighted by molar-refractivity contribution is 9.10. The molecule has 0 aliphatic carbocycles. The van der Waals surface area contributed by atoms with Crippen LogP contribution in [0.5, 0.6) is 5.75 Å². The molecule has 0 unspecified atom stereocenters. The minimum Gasteiger partial charge on any atom is -0.487 e. The molecule has 2 heterocycles. The van der Waals surface area contributed by atoms with Crippen LogP contribution in [0.15, 0.2) is 51.9 Å². The topological polar surface area (TPSA) is 69.9 Å². The number of halogens is 1. The maximum atomic E-state index is 12.2. The van der Waals surface area contributed by atoms with Gasteiger partial charge in [0.05, 0.1) is 12.3 Å². The molecule has 3 rings (SSSR count). The first-order valence-electron chi connectivity index (χ1n) is 7.91. The Kier molecular flexibility index (Phi) is 5.49. The van der Waals surface area contributed by atoms with E-state index < -0.39 is 0 Å². The normalized spacial score (nSPS) is 10.9. The second kappa shape index (κ2) is 7.80. The van der Waals surface area contributed by atoms with Gasteiger partial charge in [-0.2, -0.15) is 0 Å². The molecule has 0 spiro atoms. The Bertz CT molecular complexity index is 1030. The molecular formula is C19H17BrN2O4. The number of fused-ring (bicyclic) bond motifs is 1. The van der Waals surface area contributed by atoms with E-state index in [0.717, 1.165) is 10.0 Å². The zero-order valence-corrected chi connectivity index (χ0v) is 15.9. The summed E-state index contributed by atoms with van der Waals surface area (Å²) in [5.74, 6) is 0.568. The van der Waals surface area contributed by atoms with E-state index in [1.807, 2.05) is 6.07 Å². The van der Waals surface area contributed by atoms with E-state index in [1.54, 1.807) is 37.6 Å². The first-order chi connectivity index (χ1) is 12.5. The second-order valence-electron chi connectivity index (χ2n) is 5.76. The van der Waals surface area contributed by atoms with Gasteiger partial charge in [-0.25, -0.2) is 4.98 Å². The van der Waals surface area contributed by atoms with Gasteiger partial charge in [0.15, 0.2) is 5.78 Å². The SMILES string of the molecule is COCc1cc(C(C)=O)ccc1OCc1cc(=O)n2cc(Br)ccc2n1. The molecule has 0 aliphatic heterocycles. The molecule has 0 saturated carbocycles. The molecule has 0 aliphatic rings. The second-order valence-corrected chi connectivity index (χ2v) is 6.68. The molecule has 6 nitrogen and oxygen atoms in total. The Hall–Kier alpha value is -2.51. The van der Waals surface area contributed by atoms with Crippen molar-refractivity contribution >= 4 is 27.4 Å². The van der Waals surface area contributed by atoms with E-state index in [2.05, 4.69) is 20.9 Å². The maximum Gasteiger partial charge on any atom is 0.258 e. The van der Waals surface area contributed by atoms with Crippen LogP contribution in [0.4, 0.5) is 0 Å². The van der Waals surface area contributed by atoms with Gasteiger partial charge in [-0.05, 0) is 53.2 Å². The Morgan fingerprint density at radius 1 is 1.19 bits per heavy atom. The average Bonchev–Trinajstić information content (AvgIpc) is 2.61. The minimum atomic E-state index is -0.182. The Morgan fingerprint density at radius 2 is 2.00 bits per heavy atom. The van der Waals surface area contributed by atoms with Gasteiger partial charge < -0.3 is 9.47 Å². The van der Waals surface area contributed by atoms with E-state index in [9.17, 15) is 9.59 Å². The number of pyridine rings is 1. The van der Waals surface area contributed by atoms with Crippen molar-refractivity contribution in [3.63, 3.8) is 0 Å². The fourth-order valence-electron chi connectivity index (χ4n) is 2.56.